The quantitative estimate of drug-likeness (QED) is 0.199. The molecule has 0 unspecified atom stereocenters. The Morgan fingerprint density at radius 1 is 0.429 bits per heavy atom. The van der Waals surface area contributed by atoms with Gasteiger partial charge in [0.15, 0.2) is 0 Å². The third-order valence-corrected chi connectivity index (χ3v) is 7.99. The average molecular weight is 547 g/mol. The molecular weight excluding hydrogens is 512 g/mol. The topological polar surface area (TPSA) is 40.5 Å². The summed E-state index contributed by atoms with van der Waals surface area (Å²) in [7, 11) is 0. The van der Waals surface area contributed by atoms with Crippen LogP contribution in [0, 0.1) is 0 Å². The molecule has 0 spiro atoms. The van der Waals surface area contributed by atoms with Crippen LogP contribution in [0.1, 0.15) is 36.8 Å². The molecule has 0 bridgehead atoms. The average Bonchev–Trinajstić information content (AvgIpc) is 3.06. The van der Waals surface area contributed by atoms with Crippen LogP contribution in [-0.2, 0) is 0 Å². The number of hydrogen-bond donors (Lipinski definition) is 2. The van der Waals surface area contributed by atoms with Crippen LogP contribution in [-0.4, -0.2) is 10.2 Å². The number of rotatable bonds is 8. The molecule has 2 nitrogen and oxygen atoms in total. The fourth-order valence-corrected chi connectivity index (χ4v) is 5.88. The summed E-state index contributed by atoms with van der Waals surface area (Å²) in [5.74, 6) is 0.616. The van der Waals surface area contributed by atoms with E-state index < -0.39 is 0 Å². The van der Waals surface area contributed by atoms with E-state index >= 15 is 0 Å². The lowest BCUT2D eigenvalue weighted by Gasteiger charge is -2.23. The Kier molecular flexibility index (Phi) is 7.87. The Morgan fingerprint density at radius 3 is 0.929 bits per heavy atom. The van der Waals surface area contributed by atoms with Crippen molar-refractivity contribution < 1.29 is 10.2 Å². The van der Waals surface area contributed by atoms with Crippen molar-refractivity contribution in [2.75, 3.05) is 0 Å². The molecule has 6 aromatic rings. The van der Waals surface area contributed by atoms with Gasteiger partial charge in [-0.15, -0.1) is 0 Å². The number of phenolic OH excluding ortho intramolecular Hbond substituents is 2. The zero-order valence-electron chi connectivity index (χ0n) is 23.7. The van der Waals surface area contributed by atoms with Gasteiger partial charge < -0.3 is 10.2 Å². The Balaban J connectivity index is 1.60. The van der Waals surface area contributed by atoms with E-state index in [1.54, 1.807) is 0 Å². The van der Waals surface area contributed by atoms with Crippen molar-refractivity contribution in [2.45, 2.75) is 25.7 Å². The van der Waals surface area contributed by atoms with Crippen LogP contribution in [0.4, 0.5) is 0 Å². The van der Waals surface area contributed by atoms with Gasteiger partial charge in [0.1, 0.15) is 11.5 Å². The summed E-state index contributed by atoms with van der Waals surface area (Å²) in [6.45, 7) is 2.21. The van der Waals surface area contributed by atoms with Gasteiger partial charge in [-0.1, -0.05) is 135 Å². The lowest BCUT2D eigenvalue weighted by atomic mass is 9.81. The number of phenols is 2. The summed E-state index contributed by atoms with van der Waals surface area (Å²) in [6.07, 6.45) is 1.90. The molecule has 42 heavy (non-hydrogen) atoms. The summed E-state index contributed by atoms with van der Waals surface area (Å²) in [6, 6.07) is 49.0. The van der Waals surface area contributed by atoms with Gasteiger partial charge in [-0.2, -0.15) is 0 Å². The van der Waals surface area contributed by atoms with Crippen molar-refractivity contribution >= 4 is 0 Å². The Hall–Kier alpha value is -5.08. The number of benzene rings is 6. The van der Waals surface area contributed by atoms with E-state index in [2.05, 4.69) is 31.2 Å². The molecule has 0 aliphatic heterocycles. The van der Waals surface area contributed by atoms with Crippen molar-refractivity contribution in [3.8, 4) is 56.0 Å². The SMILES string of the molecule is CCCC(c1cc(-c2ccccc2)c(O)c(-c2ccccc2)c1)c1cc(-c2ccccc2)c(O)c(-c2ccccc2)c1. The van der Waals surface area contributed by atoms with Gasteiger partial charge in [0.2, 0.25) is 0 Å². The summed E-state index contributed by atoms with van der Waals surface area (Å²) in [4.78, 5) is 0. The molecule has 6 rings (SSSR count). The molecule has 0 heterocycles. The van der Waals surface area contributed by atoms with E-state index in [-0.39, 0.29) is 17.4 Å². The van der Waals surface area contributed by atoms with Gasteiger partial charge in [-0.05, 0) is 64.1 Å². The predicted octanol–water partition coefficient (Wildman–Crippen LogP) is 10.7. The molecule has 0 atom stereocenters. The summed E-state index contributed by atoms with van der Waals surface area (Å²) in [5.41, 5.74) is 9.45. The van der Waals surface area contributed by atoms with Gasteiger partial charge in [0.05, 0.1) is 0 Å². The molecule has 2 heteroatoms. The maximum absolute atomic E-state index is 11.6. The Labute approximate surface area is 248 Å². The van der Waals surface area contributed by atoms with Crippen molar-refractivity contribution in [3.63, 3.8) is 0 Å². The minimum Gasteiger partial charge on any atom is -0.507 e. The third-order valence-electron chi connectivity index (χ3n) is 7.99. The van der Waals surface area contributed by atoms with Crippen LogP contribution in [0.3, 0.4) is 0 Å². The highest BCUT2D eigenvalue weighted by atomic mass is 16.3. The smallest absolute Gasteiger partial charge is 0.131 e. The second-order valence-corrected chi connectivity index (χ2v) is 10.7. The van der Waals surface area contributed by atoms with Crippen LogP contribution in [0.5, 0.6) is 11.5 Å². The first-order chi connectivity index (χ1) is 20.6. The number of hydrogen-bond acceptors (Lipinski definition) is 2. The fraction of sp³-hybridized carbons (Fsp3) is 0.100. The van der Waals surface area contributed by atoms with Crippen molar-refractivity contribution in [1.29, 1.82) is 0 Å². The van der Waals surface area contributed by atoms with E-state index in [4.69, 9.17) is 0 Å². The largest absolute Gasteiger partial charge is 0.507 e. The van der Waals surface area contributed by atoms with E-state index in [1.807, 2.05) is 121 Å². The second-order valence-electron chi connectivity index (χ2n) is 10.7. The van der Waals surface area contributed by atoms with Crippen molar-refractivity contribution in [3.05, 3.63) is 157 Å². The first kappa shape index (κ1) is 27.1. The summed E-state index contributed by atoms with van der Waals surface area (Å²) >= 11 is 0. The lowest BCUT2D eigenvalue weighted by Crippen LogP contribution is -2.04. The maximum atomic E-state index is 11.6. The first-order valence-electron chi connectivity index (χ1n) is 14.6. The number of aromatic hydroxyl groups is 2. The minimum atomic E-state index is 0.0473. The molecule has 0 aliphatic carbocycles. The van der Waals surface area contributed by atoms with Gasteiger partial charge in [-0.3, -0.25) is 0 Å². The summed E-state index contributed by atoms with van der Waals surface area (Å²) in [5, 5.41) is 23.2. The van der Waals surface area contributed by atoms with Crippen LogP contribution in [0.25, 0.3) is 44.5 Å². The van der Waals surface area contributed by atoms with Crippen LogP contribution < -0.4 is 0 Å². The van der Waals surface area contributed by atoms with Gasteiger partial charge in [0, 0.05) is 28.2 Å². The highest BCUT2D eigenvalue weighted by Gasteiger charge is 2.23. The molecule has 0 amide bonds. The minimum absolute atomic E-state index is 0.0473. The van der Waals surface area contributed by atoms with Gasteiger partial charge in [0.25, 0.3) is 0 Å². The summed E-state index contributed by atoms with van der Waals surface area (Å²) < 4.78 is 0. The lowest BCUT2D eigenvalue weighted by molar-refractivity contribution is 0.479. The van der Waals surface area contributed by atoms with Gasteiger partial charge >= 0.3 is 0 Å². The zero-order valence-corrected chi connectivity index (χ0v) is 23.7. The van der Waals surface area contributed by atoms with Gasteiger partial charge in [-0.25, -0.2) is 0 Å². The molecule has 0 radical (unpaired) electrons. The van der Waals surface area contributed by atoms with E-state index in [1.165, 1.54) is 0 Å². The Morgan fingerprint density at radius 2 is 0.690 bits per heavy atom. The molecule has 0 aromatic heterocycles. The molecule has 206 valence electrons. The highest BCUT2D eigenvalue weighted by molar-refractivity contribution is 5.85. The normalized spacial score (nSPS) is 11.1. The molecule has 0 saturated heterocycles. The van der Waals surface area contributed by atoms with E-state index in [0.29, 0.717) is 0 Å². The molecule has 6 aromatic carbocycles. The zero-order chi connectivity index (χ0) is 28.9. The molecule has 0 saturated carbocycles. The van der Waals surface area contributed by atoms with Crippen molar-refractivity contribution in [1.82, 2.24) is 0 Å². The van der Waals surface area contributed by atoms with Crippen molar-refractivity contribution in [2.24, 2.45) is 0 Å². The monoisotopic (exact) mass is 546 g/mol. The maximum Gasteiger partial charge on any atom is 0.131 e. The highest BCUT2D eigenvalue weighted by Crippen LogP contribution is 2.46. The van der Waals surface area contributed by atoms with E-state index in [0.717, 1.165) is 68.5 Å². The molecular formula is C40H34O2. The van der Waals surface area contributed by atoms with E-state index in [9.17, 15) is 10.2 Å². The fourth-order valence-electron chi connectivity index (χ4n) is 5.88. The molecule has 0 aliphatic rings. The predicted molar refractivity (Wildman–Crippen MR) is 175 cm³/mol. The third kappa shape index (κ3) is 5.44. The second kappa shape index (κ2) is 12.2. The Bertz CT molecular complexity index is 1520. The van der Waals surface area contributed by atoms with Crippen LogP contribution in [0.15, 0.2) is 146 Å². The van der Waals surface area contributed by atoms with Crippen LogP contribution in [0.2, 0.25) is 0 Å². The molecule has 0 fully saturated rings. The first-order valence-corrected chi connectivity index (χ1v) is 14.6. The standard InChI is InChI=1S/C40H34O2/c1-2-15-34(32-24-35(28-16-7-3-8-17-28)39(41)36(25-32)29-18-9-4-10-19-29)33-26-37(30-20-11-5-12-21-30)40(42)38(27-33)31-22-13-6-14-23-31/h3-14,16-27,34,41-42H,2,15H2,1H3. The molecule has 2 N–H and O–H groups in total. The van der Waals surface area contributed by atoms with Crippen LogP contribution >= 0.6 is 0 Å².